The Morgan fingerprint density at radius 2 is 2.29 bits per heavy atom. The van der Waals surface area contributed by atoms with Crippen molar-refractivity contribution in [3.63, 3.8) is 0 Å². The average molecular weight is 293 g/mol. The smallest absolute Gasteiger partial charge is 0.248 e. The normalized spacial score (nSPS) is 20.0. The zero-order valence-electron chi connectivity index (χ0n) is 12.7. The van der Waals surface area contributed by atoms with Crippen LogP contribution >= 0.6 is 0 Å². The second kappa shape index (κ2) is 6.89. The Morgan fingerprint density at radius 1 is 1.52 bits per heavy atom. The van der Waals surface area contributed by atoms with Crippen molar-refractivity contribution in [3.8, 4) is 0 Å². The number of nitrogens with one attached hydrogen (secondary N) is 2. The molecule has 0 spiro atoms. The molecule has 0 saturated carbocycles. The molecule has 0 aromatic heterocycles. The van der Waals surface area contributed by atoms with E-state index in [4.69, 9.17) is 5.73 Å². The minimum absolute atomic E-state index is 0.196. The molecule has 0 radical (unpaired) electrons. The van der Waals surface area contributed by atoms with Crippen molar-refractivity contribution in [2.75, 3.05) is 11.9 Å². The molecule has 2 atom stereocenters. The molecule has 0 aliphatic carbocycles. The van der Waals surface area contributed by atoms with Gasteiger partial charge in [-0.15, -0.1) is 0 Å². The van der Waals surface area contributed by atoms with E-state index >= 15 is 0 Å². The lowest BCUT2D eigenvalue weighted by molar-refractivity contribution is 0.1000. The Labute approximate surface area is 125 Å². The molecule has 0 bridgehead atoms. The summed E-state index contributed by atoms with van der Waals surface area (Å²) in [5.74, 6) is -1.02. The number of halogens is 1. The molecule has 4 nitrogen and oxygen atoms in total. The number of carbonyl (C=O) groups is 1. The maximum Gasteiger partial charge on any atom is 0.248 e. The molecule has 21 heavy (non-hydrogen) atoms. The van der Waals surface area contributed by atoms with Crippen LogP contribution in [0, 0.1) is 12.7 Å². The highest BCUT2D eigenvalue weighted by Gasteiger charge is 2.17. The lowest BCUT2D eigenvalue weighted by Crippen LogP contribution is -2.37. The van der Waals surface area contributed by atoms with Crippen LogP contribution in [0.2, 0.25) is 0 Å². The first-order valence-corrected chi connectivity index (χ1v) is 7.57. The van der Waals surface area contributed by atoms with E-state index < -0.39 is 11.7 Å². The second-order valence-electron chi connectivity index (χ2n) is 5.92. The van der Waals surface area contributed by atoms with Gasteiger partial charge >= 0.3 is 0 Å². The van der Waals surface area contributed by atoms with E-state index in [0.29, 0.717) is 17.3 Å². The van der Waals surface area contributed by atoms with E-state index in [1.165, 1.54) is 25.3 Å². The highest BCUT2D eigenvalue weighted by molar-refractivity contribution is 5.94. The van der Waals surface area contributed by atoms with Crippen LogP contribution in [0.5, 0.6) is 0 Å². The summed E-state index contributed by atoms with van der Waals surface area (Å²) in [5, 5.41) is 6.81. The van der Waals surface area contributed by atoms with Gasteiger partial charge in [-0.25, -0.2) is 4.39 Å². The van der Waals surface area contributed by atoms with Crippen molar-refractivity contribution in [2.24, 2.45) is 5.73 Å². The van der Waals surface area contributed by atoms with Gasteiger partial charge in [0.25, 0.3) is 0 Å². The predicted molar refractivity (Wildman–Crippen MR) is 83.0 cm³/mol. The van der Waals surface area contributed by atoms with E-state index in [1.54, 1.807) is 13.0 Å². The molecule has 1 heterocycles. The number of amides is 1. The highest BCUT2D eigenvalue weighted by atomic mass is 19.1. The molecule has 1 aliphatic heterocycles. The summed E-state index contributed by atoms with van der Waals surface area (Å²) in [6.45, 7) is 4.85. The Kier molecular flexibility index (Phi) is 5.17. The molecule has 4 N–H and O–H groups in total. The number of primary amides is 1. The van der Waals surface area contributed by atoms with Gasteiger partial charge in [-0.1, -0.05) is 6.42 Å². The Bertz CT molecular complexity index is 512. The van der Waals surface area contributed by atoms with E-state index in [2.05, 4.69) is 17.6 Å². The minimum Gasteiger partial charge on any atom is -0.382 e. The third-order valence-corrected chi connectivity index (χ3v) is 4.08. The molecule has 5 heteroatoms. The van der Waals surface area contributed by atoms with Crippen LogP contribution < -0.4 is 16.4 Å². The first kappa shape index (κ1) is 15.8. The van der Waals surface area contributed by atoms with Gasteiger partial charge in [0.15, 0.2) is 0 Å². The molecule has 1 aromatic carbocycles. The maximum atomic E-state index is 13.8. The van der Waals surface area contributed by atoms with Crippen molar-refractivity contribution in [1.29, 1.82) is 0 Å². The Morgan fingerprint density at radius 3 is 2.90 bits per heavy atom. The van der Waals surface area contributed by atoms with Gasteiger partial charge in [-0.2, -0.15) is 0 Å². The SMILES string of the molecule is Cc1c(F)cc(C(N)=O)cc1NC(C)CC1CCCCN1. The summed E-state index contributed by atoms with van der Waals surface area (Å²) in [7, 11) is 0. The summed E-state index contributed by atoms with van der Waals surface area (Å²) in [4.78, 5) is 11.2. The molecule has 1 aliphatic rings. The van der Waals surface area contributed by atoms with Gasteiger partial charge in [-0.3, -0.25) is 4.79 Å². The largest absolute Gasteiger partial charge is 0.382 e. The van der Waals surface area contributed by atoms with Gasteiger partial charge < -0.3 is 16.4 Å². The Balaban J connectivity index is 2.05. The second-order valence-corrected chi connectivity index (χ2v) is 5.92. The standard InChI is InChI=1S/C16H24FN3O/c1-10(7-13-5-3-4-6-19-13)20-15-9-12(16(18)21)8-14(17)11(15)2/h8-10,13,19-20H,3-7H2,1-2H3,(H2,18,21). The van der Waals surface area contributed by atoms with E-state index in [0.717, 1.165) is 13.0 Å². The lowest BCUT2D eigenvalue weighted by Gasteiger charge is -2.27. The zero-order valence-corrected chi connectivity index (χ0v) is 12.7. The summed E-state index contributed by atoms with van der Waals surface area (Å²) >= 11 is 0. The molecule has 1 fully saturated rings. The number of benzene rings is 1. The molecule has 116 valence electrons. The van der Waals surface area contributed by atoms with Gasteiger partial charge in [-0.05, 0) is 51.8 Å². The molecule has 1 saturated heterocycles. The average Bonchev–Trinajstić information content (AvgIpc) is 2.44. The van der Waals surface area contributed by atoms with Crippen molar-refractivity contribution in [1.82, 2.24) is 5.32 Å². The van der Waals surface area contributed by atoms with E-state index in [9.17, 15) is 9.18 Å². The number of carbonyl (C=O) groups excluding carboxylic acids is 1. The first-order valence-electron chi connectivity index (χ1n) is 7.57. The molecule has 1 aromatic rings. The Hall–Kier alpha value is -1.62. The number of hydrogen-bond acceptors (Lipinski definition) is 3. The topological polar surface area (TPSA) is 67.2 Å². The summed E-state index contributed by atoms with van der Waals surface area (Å²) in [6.07, 6.45) is 4.65. The van der Waals surface area contributed by atoms with Gasteiger partial charge in [0.1, 0.15) is 5.82 Å². The van der Waals surface area contributed by atoms with Crippen LogP contribution in [-0.2, 0) is 0 Å². The number of nitrogens with two attached hydrogens (primary N) is 1. The summed E-state index contributed by atoms with van der Waals surface area (Å²) in [6, 6.07) is 3.52. The number of piperidine rings is 1. The lowest BCUT2D eigenvalue weighted by atomic mass is 9.98. The van der Waals surface area contributed by atoms with Crippen molar-refractivity contribution < 1.29 is 9.18 Å². The highest BCUT2D eigenvalue weighted by Crippen LogP contribution is 2.23. The monoisotopic (exact) mass is 293 g/mol. The molecular formula is C16H24FN3O. The van der Waals surface area contributed by atoms with E-state index in [-0.39, 0.29) is 11.6 Å². The summed E-state index contributed by atoms with van der Waals surface area (Å²) < 4.78 is 13.8. The van der Waals surface area contributed by atoms with Gasteiger partial charge in [0.2, 0.25) is 5.91 Å². The first-order chi connectivity index (χ1) is 9.97. The quantitative estimate of drug-likeness (QED) is 0.781. The number of anilines is 1. The van der Waals surface area contributed by atoms with Crippen LogP contribution in [-0.4, -0.2) is 24.5 Å². The van der Waals surface area contributed by atoms with Crippen molar-refractivity contribution in [2.45, 2.75) is 51.6 Å². The fourth-order valence-electron chi connectivity index (χ4n) is 2.85. The van der Waals surface area contributed by atoms with Gasteiger partial charge in [0.05, 0.1) is 0 Å². The van der Waals surface area contributed by atoms with Crippen molar-refractivity contribution in [3.05, 3.63) is 29.1 Å². The fraction of sp³-hybridized carbons (Fsp3) is 0.562. The summed E-state index contributed by atoms with van der Waals surface area (Å²) in [5.41, 5.74) is 6.60. The molecular weight excluding hydrogens is 269 g/mol. The van der Waals surface area contributed by atoms with Crippen molar-refractivity contribution >= 4 is 11.6 Å². The van der Waals surface area contributed by atoms with Crippen LogP contribution in [0.4, 0.5) is 10.1 Å². The fourth-order valence-corrected chi connectivity index (χ4v) is 2.85. The molecule has 2 unspecified atom stereocenters. The van der Waals surface area contributed by atoms with Crippen LogP contribution in [0.25, 0.3) is 0 Å². The molecule has 2 rings (SSSR count). The minimum atomic E-state index is -0.612. The van der Waals surface area contributed by atoms with E-state index in [1.807, 2.05) is 0 Å². The van der Waals surface area contributed by atoms with Crippen LogP contribution in [0.3, 0.4) is 0 Å². The van der Waals surface area contributed by atoms with Crippen LogP contribution in [0.15, 0.2) is 12.1 Å². The van der Waals surface area contributed by atoms with Gasteiger partial charge in [0, 0.05) is 28.9 Å². The molecule has 1 amide bonds. The zero-order chi connectivity index (χ0) is 15.4. The number of rotatable bonds is 5. The third-order valence-electron chi connectivity index (χ3n) is 4.08. The third kappa shape index (κ3) is 4.17. The predicted octanol–water partition coefficient (Wildman–Crippen LogP) is 2.57. The number of hydrogen-bond donors (Lipinski definition) is 3. The maximum absolute atomic E-state index is 13.8. The van der Waals surface area contributed by atoms with Crippen LogP contribution in [0.1, 0.15) is 48.5 Å².